The molecule has 0 saturated heterocycles. The van der Waals surface area contributed by atoms with Crippen molar-refractivity contribution in [3.05, 3.63) is 15.6 Å². The van der Waals surface area contributed by atoms with Crippen molar-refractivity contribution in [3.63, 3.8) is 0 Å². The third-order valence-electron chi connectivity index (χ3n) is 3.43. The van der Waals surface area contributed by atoms with Gasteiger partial charge in [0.1, 0.15) is 9.88 Å². The lowest BCUT2D eigenvalue weighted by molar-refractivity contribution is 0.0531. The Labute approximate surface area is 188 Å². The van der Waals surface area contributed by atoms with E-state index in [-0.39, 0.29) is 48.3 Å². The smallest absolute Gasteiger partial charge is 0.350 e. The van der Waals surface area contributed by atoms with Crippen molar-refractivity contribution in [1.82, 2.24) is 20.3 Å². The van der Waals surface area contributed by atoms with Crippen LogP contribution in [0.25, 0.3) is 0 Å². The van der Waals surface area contributed by atoms with Gasteiger partial charge >= 0.3 is 5.97 Å². The number of rotatable bonds is 10. The van der Waals surface area contributed by atoms with Gasteiger partial charge in [0.25, 0.3) is 0 Å². The van der Waals surface area contributed by atoms with Gasteiger partial charge in [-0.2, -0.15) is 0 Å². The highest BCUT2D eigenvalue weighted by Crippen LogP contribution is 2.24. The molecule has 3 N–H and O–H groups in total. The molecule has 1 unspecified atom stereocenters. The largest absolute Gasteiger partial charge is 0.462 e. The molecule has 0 aliphatic rings. The number of thiazole rings is 1. The molecule has 0 saturated carbocycles. The van der Waals surface area contributed by atoms with Gasteiger partial charge in [0.15, 0.2) is 5.96 Å². The summed E-state index contributed by atoms with van der Waals surface area (Å²) in [7, 11) is -3.22. The molecule has 0 spiro atoms. The van der Waals surface area contributed by atoms with Crippen molar-refractivity contribution >= 4 is 57.3 Å². The van der Waals surface area contributed by atoms with Crippen LogP contribution in [0.4, 0.5) is 0 Å². The Balaban J connectivity index is 0.00000729. The Morgan fingerprint density at radius 3 is 2.57 bits per heavy atom. The van der Waals surface area contributed by atoms with Gasteiger partial charge in [-0.3, -0.25) is 4.99 Å². The van der Waals surface area contributed by atoms with Crippen molar-refractivity contribution in [3.8, 4) is 0 Å². The maximum absolute atomic E-state index is 11.9. The number of carbonyl (C=O) groups excluding carboxylic acids is 1. The van der Waals surface area contributed by atoms with E-state index in [1.807, 2.05) is 13.8 Å². The molecule has 0 aliphatic heterocycles. The van der Waals surface area contributed by atoms with Gasteiger partial charge in [-0.05, 0) is 34.6 Å². The zero-order valence-electron chi connectivity index (χ0n) is 16.9. The van der Waals surface area contributed by atoms with E-state index >= 15 is 0 Å². The highest BCUT2D eigenvalue weighted by Gasteiger charge is 2.20. The number of halogens is 1. The molecule has 28 heavy (non-hydrogen) atoms. The van der Waals surface area contributed by atoms with Crippen molar-refractivity contribution in [1.29, 1.82) is 0 Å². The van der Waals surface area contributed by atoms with Crippen LogP contribution in [0.15, 0.2) is 4.99 Å². The first-order chi connectivity index (χ1) is 12.7. The lowest BCUT2D eigenvalue weighted by Crippen LogP contribution is -2.39. The zero-order valence-corrected chi connectivity index (χ0v) is 20.8. The van der Waals surface area contributed by atoms with Crippen LogP contribution in [0.5, 0.6) is 0 Å². The number of aromatic nitrogens is 1. The molecule has 162 valence electrons. The van der Waals surface area contributed by atoms with E-state index in [0.29, 0.717) is 36.2 Å². The average molecular weight is 547 g/mol. The first kappa shape index (κ1) is 27.0. The van der Waals surface area contributed by atoms with Gasteiger partial charge in [-0.25, -0.2) is 22.9 Å². The van der Waals surface area contributed by atoms with Gasteiger partial charge in [0, 0.05) is 13.1 Å². The van der Waals surface area contributed by atoms with E-state index < -0.39 is 10.0 Å². The minimum atomic E-state index is -3.22. The Hall–Kier alpha value is -0.990. The highest BCUT2D eigenvalue weighted by molar-refractivity contribution is 14.0. The first-order valence-corrected chi connectivity index (χ1v) is 11.4. The standard InChI is InChI=1S/C16H29N5O4S2.HI/c1-6-17-16(18-9-10-19-27(23,24)8-3)21-12(5)14-20-11(4)13(26-14)15(22)25-7-2;/h12,19H,6-10H2,1-5H3,(H2,17,18,21);1H. The van der Waals surface area contributed by atoms with Crippen LogP contribution in [-0.2, 0) is 14.8 Å². The quantitative estimate of drug-likeness (QED) is 0.134. The number of guanidine groups is 1. The fourth-order valence-corrected chi connectivity index (χ4v) is 3.62. The van der Waals surface area contributed by atoms with Gasteiger partial charge in [-0.15, -0.1) is 35.3 Å². The monoisotopic (exact) mass is 547 g/mol. The predicted molar refractivity (Wildman–Crippen MR) is 123 cm³/mol. The molecule has 0 fully saturated rings. The zero-order chi connectivity index (χ0) is 20.4. The summed E-state index contributed by atoms with van der Waals surface area (Å²) >= 11 is 1.29. The molecule has 0 aromatic carbocycles. The SMILES string of the molecule is CCNC(=NCCNS(=O)(=O)CC)NC(C)c1nc(C)c(C(=O)OCC)s1.I. The Morgan fingerprint density at radius 1 is 1.32 bits per heavy atom. The molecule has 12 heteroatoms. The second kappa shape index (κ2) is 13.3. The molecular formula is C16H30IN5O4S2. The third kappa shape index (κ3) is 9.01. The summed E-state index contributed by atoms with van der Waals surface area (Å²) in [5.74, 6) is 0.221. The summed E-state index contributed by atoms with van der Waals surface area (Å²) in [6, 6.07) is -0.179. The van der Waals surface area contributed by atoms with Crippen molar-refractivity contribution in [2.75, 3.05) is 32.0 Å². The van der Waals surface area contributed by atoms with Crippen LogP contribution < -0.4 is 15.4 Å². The van der Waals surface area contributed by atoms with Gasteiger partial charge in [0.2, 0.25) is 10.0 Å². The van der Waals surface area contributed by atoms with E-state index in [0.717, 1.165) is 5.01 Å². The van der Waals surface area contributed by atoms with Gasteiger partial charge in [0.05, 0.1) is 30.6 Å². The highest BCUT2D eigenvalue weighted by atomic mass is 127. The third-order valence-corrected chi connectivity index (χ3v) is 6.15. The van der Waals surface area contributed by atoms with E-state index in [4.69, 9.17) is 4.74 Å². The van der Waals surface area contributed by atoms with Gasteiger partial charge in [-0.1, -0.05) is 0 Å². The fraction of sp³-hybridized carbons (Fsp3) is 0.688. The molecule has 0 amide bonds. The minimum absolute atomic E-state index is 0. The van der Waals surface area contributed by atoms with Crippen molar-refractivity contribution < 1.29 is 17.9 Å². The van der Waals surface area contributed by atoms with E-state index in [9.17, 15) is 13.2 Å². The number of nitrogens with one attached hydrogen (secondary N) is 3. The number of carbonyl (C=O) groups is 1. The molecular weight excluding hydrogens is 517 g/mol. The van der Waals surface area contributed by atoms with Crippen molar-refractivity contribution in [2.45, 2.75) is 40.7 Å². The Morgan fingerprint density at radius 2 is 2.00 bits per heavy atom. The first-order valence-electron chi connectivity index (χ1n) is 8.90. The Kier molecular flexibility index (Phi) is 12.8. The molecule has 9 nitrogen and oxygen atoms in total. The summed E-state index contributed by atoms with van der Waals surface area (Å²) in [5.41, 5.74) is 0.637. The number of hydrogen-bond acceptors (Lipinski definition) is 7. The summed E-state index contributed by atoms with van der Waals surface area (Å²) in [6.07, 6.45) is 0. The van der Waals surface area contributed by atoms with Crippen LogP contribution in [-0.4, -0.2) is 57.3 Å². The molecule has 1 heterocycles. The maximum atomic E-state index is 11.9. The lowest BCUT2D eigenvalue weighted by Gasteiger charge is -2.16. The van der Waals surface area contributed by atoms with Crippen LogP contribution in [0.1, 0.15) is 54.1 Å². The summed E-state index contributed by atoms with van der Waals surface area (Å²) in [5, 5.41) is 7.06. The second-order valence-corrected chi connectivity index (χ2v) is 8.74. The van der Waals surface area contributed by atoms with E-state index in [2.05, 4.69) is 25.3 Å². The topological polar surface area (TPSA) is 122 Å². The molecule has 1 aromatic rings. The van der Waals surface area contributed by atoms with Crippen LogP contribution in [0, 0.1) is 6.92 Å². The Bertz CT molecular complexity index is 752. The number of esters is 1. The molecule has 1 aromatic heterocycles. The average Bonchev–Trinajstić information content (AvgIpc) is 3.01. The number of hydrogen-bond donors (Lipinski definition) is 3. The molecule has 0 radical (unpaired) electrons. The predicted octanol–water partition coefficient (Wildman–Crippen LogP) is 1.80. The molecule has 1 rings (SSSR count). The summed E-state index contributed by atoms with van der Waals surface area (Å²) < 4.78 is 30.4. The number of sulfonamides is 1. The maximum Gasteiger partial charge on any atom is 0.350 e. The fourth-order valence-electron chi connectivity index (χ4n) is 2.05. The van der Waals surface area contributed by atoms with Gasteiger partial charge < -0.3 is 15.4 Å². The molecule has 0 aliphatic carbocycles. The molecule has 1 atom stereocenters. The van der Waals surface area contributed by atoms with E-state index in [1.165, 1.54) is 11.3 Å². The summed E-state index contributed by atoms with van der Waals surface area (Å²) in [4.78, 5) is 21.2. The number of ether oxygens (including phenoxy) is 1. The number of aryl methyl sites for hydroxylation is 1. The second-order valence-electron chi connectivity index (χ2n) is 5.61. The number of aliphatic imine (C=N–C) groups is 1. The van der Waals surface area contributed by atoms with Crippen molar-refractivity contribution in [2.24, 2.45) is 4.99 Å². The van der Waals surface area contributed by atoms with Crippen LogP contribution in [0.3, 0.4) is 0 Å². The minimum Gasteiger partial charge on any atom is -0.462 e. The molecule has 0 bridgehead atoms. The number of nitrogens with zero attached hydrogens (tertiary/aromatic N) is 2. The normalized spacial score (nSPS) is 12.8. The lowest BCUT2D eigenvalue weighted by atomic mass is 10.3. The van der Waals surface area contributed by atoms with Crippen LogP contribution >= 0.6 is 35.3 Å². The summed E-state index contributed by atoms with van der Waals surface area (Å²) in [6.45, 7) is 10.5. The van der Waals surface area contributed by atoms with E-state index in [1.54, 1.807) is 20.8 Å². The van der Waals surface area contributed by atoms with Crippen LogP contribution in [0.2, 0.25) is 0 Å².